The predicted octanol–water partition coefficient (Wildman–Crippen LogP) is 4.81. The highest BCUT2D eigenvalue weighted by Gasteiger charge is 2.62. The highest BCUT2D eigenvalue weighted by molar-refractivity contribution is 8.16. The van der Waals surface area contributed by atoms with Gasteiger partial charge in [-0.05, 0) is 29.8 Å². The van der Waals surface area contributed by atoms with Gasteiger partial charge in [-0.1, -0.05) is 47.6 Å². The fourth-order valence-corrected chi connectivity index (χ4v) is 4.13. The SMILES string of the molecule is Oc1ccccc1C1=NN=C2SC=C(c3ccc(Cl)cc3)N2C(O)(C(F)(F)F)C1. The monoisotopic (exact) mass is 439 g/mol. The molecule has 150 valence electrons. The number of nitrogens with zero attached hydrogens (tertiary/aromatic N) is 3. The molecule has 29 heavy (non-hydrogen) atoms. The number of alkyl halides is 3. The highest BCUT2D eigenvalue weighted by atomic mass is 35.5. The number of rotatable bonds is 2. The van der Waals surface area contributed by atoms with E-state index >= 15 is 0 Å². The Morgan fingerprint density at radius 3 is 2.41 bits per heavy atom. The van der Waals surface area contributed by atoms with Crippen LogP contribution >= 0.6 is 23.4 Å². The van der Waals surface area contributed by atoms with Crippen LogP contribution in [0.3, 0.4) is 0 Å². The van der Waals surface area contributed by atoms with Gasteiger partial charge in [0.05, 0.1) is 17.8 Å². The van der Waals surface area contributed by atoms with Gasteiger partial charge in [-0.3, -0.25) is 4.90 Å². The Bertz CT molecular complexity index is 1050. The second-order valence-corrected chi connectivity index (χ2v) is 7.67. The van der Waals surface area contributed by atoms with E-state index in [0.29, 0.717) is 10.6 Å². The van der Waals surface area contributed by atoms with Crippen LogP contribution in [-0.2, 0) is 0 Å². The van der Waals surface area contributed by atoms with Crippen molar-refractivity contribution in [2.75, 3.05) is 0 Å². The van der Waals surface area contributed by atoms with Crippen molar-refractivity contribution >= 4 is 39.9 Å². The summed E-state index contributed by atoms with van der Waals surface area (Å²) in [7, 11) is 0. The Morgan fingerprint density at radius 1 is 1.07 bits per heavy atom. The molecule has 1 unspecified atom stereocenters. The van der Waals surface area contributed by atoms with E-state index in [9.17, 15) is 23.4 Å². The molecule has 2 heterocycles. The maximum absolute atomic E-state index is 14.2. The molecule has 5 nitrogen and oxygen atoms in total. The van der Waals surface area contributed by atoms with Crippen molar-refractivity contribution in [3.63, 3.8) is 0 Å². The van der Waals surface area contributed by atoms with Crippen molar-refractivity contribution in [1.29, 1.82) is 0 Å². The Morgan fingerprint density at radius 2 is 1.76 bits per heavy atom. The van der Waals surface area contributed by atoms with Crippen molar-refractivity contribution in [1.82, 2.24) is 4.90 Å². The van der Waals surface area contributed by atoms with Gasteiger partial charge >= 0.3 is 6.18 Å². The minimum atomic E-state index is -5.04. The van der Waals surface area contributed by atoms with Crippen LogP contribution in [0.25, 0.3) is 5.70 Å². The van der Waals surface area contributed by atoms with E-state index in [1.807, 2.05) is 0 Å². The molecule has 2 aromatic carbocycles. The summed E-state index contributed by atoms with van der Waals surface area (Å²) < 4.78 is 42.5. The Hall–Kier alpha value is -2.49. The van der Waals surface area contributed by atoms with E-state index in [-0.39, 0.29) is 27.9 Å². The van der Waals surface area contributed by atoms with Crippen LogP contribution in [-0.4, -0.2) is 37.9 Å². The lowest BCUT2D eigenvalue weighted by atomic mass is 9.96. The molecule has 2 aliphatic heterocycles. The number of fused-ring (bicyclic) bond motifs is 1. The number of aliphatic hydroxyl groups is 1. The van der Waals surface area contributed by atoms with Crippen LogP contribution in [0.5, 0.6) is 5.75 Å². The van der Waals surface area contributed by atoms with Crippen molar-refractivity contribution < 1.29 is 23.4 Å². The first-order valence-corrected chi connectivity index (χ1v) is 9.61. The van der Waals surface area contributed by atoms with Gasteiger partial charge in [0.2, 0.25) is 5.72 Å². The topological polar surface area (TPSA) is 68.4 Å². The number of phenols is 1. The van der Waals surface area contributed by atoms with Crippen LogP contribution in [0, 0.1) is 0 Å². The van der Waals surface area contributed by atoms with Gasteiger partial charge in [-0.2, -0.15) is 18.3 Å². The number of benzene rings is 2. The molecule has 10 heteroatoms. The van der Waals surface area contributed by atoms with Crippen molar-refractivity contribution in [2.45, 2.75) is 18.3 Å². The van der Waals surface area contributed by atoms with E-state index in [0.717, 1.165) is 16.7 Å². The summed E-state index contributed by atoms with van der Waals surface area (Å²) in [5, 5.41) is 30.6. The molecule has 0 saturated heterocycles. The summed E-state index contributed by atoms with van der Waals surface area (Å²) >= 11 is 6.80. The van der Waals surface area contributed by atoms with Crippen molar-refractivity contribution in [3.8, 4) is 5.75 Å². The first-order valence-electron chi connectivity index (χ1n) is 8.36. The zero-order chi connectivity index (χ0) is 20.8. The molecule has 0 aliphatic carbocycles. The van der Waals surface area contributed by atoms with E-state index in [2.05, 4.69) is 10.2 Å². The number of halogens is 4. The van der Waals surface area contributed by atoms with Crippen LogP contribution in [0.15, 0.2) is 64.1 Å². The molecule has 4 rings (SSSR count). The van der Waals surface area contributed by atoms with Crippen molar-refractivity contribution in [3.05, 3.63) is 70.1 Å². The second-order valence-electron chi connectivity index (χ2n) is 6.40. The maximum atomic E-state index is 14.2. The van der Waals surface area contributed by atoms with E-state index in [1.165, 1.54) is 23.6 Å². The molecule has 0 spiro atoms. The third-order valence-electron chi connectivity index (χ3n) is 4.56. The van der Waals surface area contributed by atoms with Gasteiger partial charge < -0.3 is 10.2 Å². The molecule has 0 radical (unpaired) electrons. The van der Waals surface area contributed by atoms with Crippen LogP contribution < -0.4 is 0 Å². The van der Waals surface area contributed by atoms with Crippen LogP contribution in [0.1, 0.15) is 17.5 Å². The molecule has 0 fully saturated rings. The van der Waals surface area contributed by atoms with Gasteiger partial charge in [0.15, 0.2) is 5.17 Å². The lowest BCUT2D eigenvalue weighted by Gasteiger charge is -2.39. The summed E-state index contributed by atoms with van der Waals surface area (Å²) in [5.74, 6) is -0.251. The average Bonchev–Trinajstić information content (AvgIpc) is 3.03. The largest absolute Gasteiger partial charge is 0.507 e. The smallest absolute Gasteiger partial charge is 0.437 e. The lowest BCUT2D eigenvalue weighted by Crippen LogP contribution is -2.59. The molecule has 1 atom stereocenters. The fourth-order valence-electron chi connectivity index (χ4n) is 3.11. The molecule has 2 aliphatic rings. The van der Waals surface area contributed by atoms with Gasteiger partial charge in [0, 0.05) is 16.0 Å². The third kappa shape index (κ3) is 3.39. The summed E-state index contributed by atoms with van der Waals surface area (Å²) in [5.41, 5.74) is -2.87. The summed E-state index contributed by atoms with van der Waals surface area (Å²) in [6.45, 7) is 0. The molecule has 2 aromatic rings. The molecule has 0 saturated carbocycles. The summed E-state index contributed by atoms with van der Waals surface area (Å²) in [6.07, 6.45) is -5.97. The normalized spacial score (nSPS) is 21.8. The minimum absolute atomic E-state index is 0.0720. The van der Waals surface area contributed by atoms with Gasteiger partial charge in [-0.15, -0.1) is 5.10 Å². The summed E-state index contributed by atoms with van der Waals surface area (Å²) in [4.78, 5) is 0.734. The predicted molar refractivity (Wildman–Crippen MR) is 107 cm³/mol. The van der Waals surface area contributed by atoms with Gasteiger partial charge in [0.25, 0.3) is 0 Å². The average molecular weight is 440 g/mol. The maximum Gasteiger partial charge on any atom is 0.437 e. The molecule has 0 aromatic heterocycles. The standard InChI is InChI=1S/C19H13ClF3N3O2S/c20-12-7-5-11(6-8-12)15-10-29-17-25-24-14(13-3-1-2-4-16(13)27)9-18(28,26(15)17)19(21,22)23/h1-8,10,27-28H,9H2. The van der Waals surface area contributed by atoms with E-state index < -0.39 is 18.3 Å². The van der Waals surface area contributed by atoms with Crippen LogP contribution in [0.4, 0.5) is 13.2 Å². The number of aromatic hydroxyl groups is 1. The first kappa shape index (κ1) is 19.8. The van der Waals surface area contributed by atoms with Crippen molar-refractivity contribution in [2.24, 2.45) is 10.2 Å². The minimum Gasteiger partial charge on any atom is -0.507 e. The number of hydrogen-bond acceptors (Lipinski definition) is 6. The molecule has 0 bridgehead atoms. The zero-order valence-corrected chi connectivity index (χ0v) is 16.1. The number of thioether (sulfide) groups is 1. The molecular formula is C19H13ClF3N3O2S. The lowest BCUT2D eigenvalue weighted by molar-refractivity contribution is -0.288. The molecule has 2 N–H and O–H groups in total. The Kier molecular flexibility index (Phi) is 4.84. The van der Waals surface area contributed by atoms with Gasteiger partial charge in [-0.25, -0.2) is 0 Å². The second kappa shape index (κ2) is 7.08. The molecular weight excluding hydrogens is 427 g/mol. The quantitative estimate of drug-likeness (QED) is 0.704. The third-order valence-corrected chi connectivity index (χ3v) is 5.63. The Balaban J connectivity index is 1.83. The Labute approximate surface area is 172 Å². The van der Waals surface area contributed by atoms with Gasteiger partial charge in [0.1, 0.15) is 5.75 Å². The molecule has 0 amide bonds. The number of hydrogen-bond donors (Lipinski definition) is 2. The number of para-hydroxylation sites is 1. The van der Waals surface area contributed by atoms with E-state index in [1.54, 1.807) is 30.3 Å². The van der Waals surface area contributed by atoms with E-state index in [4.69, 9.17) is 11.6 Å². The fraction of sp³-hybridized carbons (Fsp3) is 0.158. The number of amidine groups is 1. The van der Waals surface area contributed by atoms with Crippen LogP contribution in [0.2, 0.25) is 5.02 Å². The zero-order valence-electron chi connectivity index (χ0n) is 14.6. The first-order chi connectivity index (χ1) is 13.7. The number of phenolic OH excluding ortho intramolecular Hbond substituents is 1. The summed E-state index contributed by atoms with van der Waals surface area (Å²) in [6, 6.07) is 12.1. The highest BCUT2D eigenvalue weighted by Crippen LogP contribution is 2.48.